The second kappa shape index (κ2) is 9.82. The molecule has 2 aromatic rings. The lowest BCUT2D eigenvalue weighted by molar-refractivity contribution is -0.138. The molecular formula is C21H21NO5. The average molecular weight is 367 g/mol. The van der Waals surface area contributed by atoms with Gasteiger partial charge in [-0.2, -0.15) is 0 Å². The minimum atomic E-state index is -0.660. The van der Waals surface area contributed by atoms with Gasteiger partial charge in [0.25, 0.3) is 5.91 Å². The molecule has 6 heteroatoms. The van der Waals surface area contributed by atoms with E-state index in [1.807, 2.05) is 0 Å². The number of nitrogens with one attached hydrogen (secondary N) is 1. The molecule has 0 fully saturated rings. The van der Waals surface area contributed by atoms with E-state index in [2.05, 4.69) is 11.9 Å². The van der Waals surface area contributed by atoms with Crippen molar-refractivity contribution >= 4 is 18.0 Å². The summed E-state index contributed by atoms with van der Waals surface area (Å²) >= 11 is 0. The zero-order valence-electron chi connectivity index (χ0n) is 15.2. The number of benzene rings is 2. The van der Waals surface area contributed by atoms with E-state index in [0.717, 1.165) is 0 Å². The van der Waals surface area contributed by atoms with Crippen LogP contribution in [0.1, 0.15) is 15.9 Å². The van der Waals surface area contributed by atoms with Crippen molar-refractivity contribution in [1.82, 2.24) is 5.32 Å². The maximum Gasteiger partial charge on any atom is 0.355 e. The molecule has 0 aromatic heterocycles. The Balaban J connectivity index is 2.24. The summed E-state index contributed by atoms with van der Waals surface area (Å²) in [6.07, 6.45) is 2.99. The molecule has 140 valence electrons. The first kappa shape index (κ1) is 19.8. The first-order chi connectivity index (χ1) is 13.1. The molecule has 0 radical (unpaired) electrons. The molecule has 6 nitrogen and oxygen atoms in total. The van der Waals surface area contributed by atoms with Gasteiger partial charge in [-0.05, 0) is 48.0 Å². The molecule has 0 bridgehead atoms. The first-order valence-corrected chi connectivity index (χ1v) is 8.16. The molecule has 0 atom stereocenters. The zero-order chi connectivity index (χ0) is 19.6. The van der Waals surface area contributed by atoms with Gasteiger partial charge in [0.1, 0.15) is 23.8 Å². The van der Waals surface area contributed by atoms with Crippen LogP contribution in [-0.2, 0) is 9.53 Å². The van der Waals surface area contributed by atoms with Crippen LogP contribution in [0.2, 0.25) is 0 Å². The van der Waals surface area contributed by atoms with Crippen molar-refractivity contribution in [2.45, 2.75) is 0 Å². The number of hydrogen-bond acceptors (Lipinski definition) is 5. The Morgan fingerprint density at radius 2 is 1.52 bits per heavy atom. The number of carbonyl (C=O) groups excluding carboxylic acids is 2. The largest absolute Gasteiger partial charge is 0.497 e. The van der Waals surface area contributed by atoms with Crippen LogP contribution in [0.5, 0.6) is 11.5 Å². The molecule has 0 saturated heterocycles. The highest BCUT2D eigenvalue weighted by Crippen LogP contribution is 2.15. The van der Waals surface area contributed by atoms with E-state index in [1.165, 1.54) is 12.2 Å². The fraction of sp³-hybridized carbons (Fsp3) is 0.143. The zero-order valence-corrected chi connectivity index (χ0v) is 15.2. The van der Waals surface area contributed by atoms with Gasteiger partial charge in [-0.1, -0.05) is 24.8 Å². The third-order valence-electron chi connectivity index (χ3n) is 3.58. The summed E-state index contributed by atoms with van der Waals surface area (Å²) in [6, 6.07) is 13.6. The number of ether oxygens (including phenoxy) is 3. The van der Waals surface area contributed by atoms with Crippen LogP contribution in [0, 0.1) is 0 Å². The fourth-order valence-corrected chi connectivity index (χ4v) is 2.16. The minimum absolute atomic E-state index is 0.0165. The highest BCUT2D eigenvalue weighted by Gasteiger charge is 2.16. The number of esters is 1. The molecule has 0 unspecified atom stereocenters. The number of amides is 1. The van der Waals surface area contributed by atoms with Crippen LogP contribution in [0.3, 0.4) is 0 Å². The van der Waals surface area contributed by atoms with Crippen molar-refractivity contribution < 1.29 is 23.8 Å². The normalized spacial score (nSPS) is 10.7. The van der Waals surface area contributed by atoms with Crippen molar-refractivity contribution in [3.05, 3.63) is 78.0 Å². The lowest BCUT2D eigenvalue weighted by Gasteiger charge is -2.10. The Hall–Kier alpha value is -3.54. The van der Waals surface area contributed by atoms with E-state index in [1.54, 1.807) is 62.8 Å². The van der Waals surface area contributed by atoms with E-state index < -0.39 is 11.9 Å². The summed E-state index contributed by atoms with van der Waals surface area (Å²) in [6.45, 7) is 3.55. The second-order valence-corrected chi connectivity index (χ2v) is 5.40. The summed E-state index contributed by atoms with van der Waals surface area (Å²) in [5.41, 5.74) is 1.10. The van der Waals surface area contributed by atoms with Gasteiger partial charge in [0.05, 0.1) is 14.2 Å². The lowest BCUT2D eigenvalue weighted by atomic mass is 10.1. The highest BCUT2D eigenvalue weighted by molar-refractivity contribution is 6.03. The van der Waals surface area contributed by atoms with Crippen LogP contribution >= 0.6 is 0 Å². The van der Waals surface area contributed by atoms with Gasteiger partial charge >= 0.3 is 5.97 Å². The van der Waals surface area contributed by atoms with Crippen molar-refractivity contribution in [2.24, 2.45) is 0 Å². The molecule has 1 amide bonds. The number of rotatable bonds is 8. The molecule has 0 heterocycles. The molecule has 0 aliphatic heterocycles. The average Bonchev–Trinajstić information content (AvgIpc) is 2.72. The van der Waals surface area contributed by atoms with E-state index in [-0.39, 0.29) is 12.3 Å². The lowest BCUT2D eigenvalue weighted by Crippen LogP contribution is -2.28. The summed E-state index contributed by atoms with van der Waals surface area (Å²) in [5.74, 6) is 0.219. The Kier molecular flexibility index (Phi) is 7.19. The van der Waals surface area contributed by atoms with Crippen LogP contribution in [0.25, 0.3) is 6.08 Å². The second-order valence-electron chi connectivity index (χ2n) is 5.40. The number of hydrogen-bond donors (Lipinski definition) is 1. The molecule has 1 N–H and O–H groups in total. The van der Waals surface area contributed by atoms with E-state index in [9.17, 15) is 9.59 Å². The van der Waals surface area contributed by atoms with Gasteiger partial charge in [0.15, 0.2) is 0 Å². The van der Waals surface area contributed by atoms with Crippen molar-refractivity contribution in [2.75, 3.05) is 20.8 Å². The Bertz CT molecular complexity index is 823. The molecule has 0 aliphatic carbocycles. The quantitative estimate of drug-likeness (QED) is 0.441. The van der Waals surface area contributed by atoms with Crippen LogP contribution in [-0.4, -0.2) is 32.7 Å². The molecule has 0 spiro atoms. The fourth-order valence-electron chi connectivity index (χ4n) is 2.16. The summed E-state index contributed by atoms with van der Waals surface area (Å²) in [4.78, 5) is 24.8. The molecule has 2 rings (SSSR count). The van der Waals surface area contributed by atoms with Gasteiger partial charge in [0.2, 0.25) is 0 Å². The van der Waals surface area contributed by atoms with Gasteiger partial charge in [-0.15, -0.1) is 0 Å². The summed E-state index contributed by atoms with van der Waals surface area (Å²) in [5, 5.41) is 2.60. The minimum Gasteiger partial charge on any atom is -0.497 e. The van der Waals surface area contributed by atoms with E-state index in [0.29, 0.717) is 22.6 Å². The summed E-state index contributed by atoms with van der Waals surface area (Å²) in [7, 11) is 3.11. The number of carbonyl (C=O) groups is 2. The van der Waals surface area contributed by atoms with Crippen molar-refractivity contribution in [3.63, 3.8) is 0 Å². The SMILES string of the molecule is C=CCOC(=O)/C(=C\c1ccc(OC)cc1)NC(=O)c1ccc(OC)cc1. The molecular weight excluding hydrogens is 346 g/mol. The molecule has 0 aliphatic rings. The molecule has 27 heavy (non-hydrogen) atoms. The predicted molar refractivity (Wildman–Crippen MR) is 103 cm³/mol. The monoisotopic (exact) mass is 367 g/mol. The summed E-state index contributed by atoms with van der Waals surface area (Å²) < 4.78 is 15.2. The van der Waals surface area contributed by atoms with Crippen LogP contribution < -0.4 is 14.8 Å². The topological polar surface area (TPSA) is 73.9 Å². The van der Waals surface area contributed by atoms with Crippen molar-refractivity contribution in [3.8, 4) is 11.5 Å². The predicted octanol–water partition coefficient (Wildman–Crippen LogP) is 3.20. The number of methoxy groups -OCH3 is 2. The Morgan fingerprint density at radius 1 is 0.963 bits per heavy atom. The Labute approximate surface area is 158 Å². The van der Waals surface area contributed by atoms with E-state index in [4.69, 9.17) is 14.2 Å². The smallest absolute Gasteiger partial charge is 0.355 e. The molecule has 2 aromatic carbocycles. The highest BCUT2D eigenvalue weighted by atomic mass is 16.5. The molecule has 0 saturated carbocycles. The first-order valence-electron chi connectivity index (χ1n) is 8.16. The Morgan fingerprint density at radius 3 is 2.04 bits per heavy atom. The van der Waals surface area contributed by atoms with Gasteiger partial charge in [-0.3, -0.25) is 4.79 Å². The third kappa shape index (κ3) is 5.74. The maximum atomic E-state index is 12.5. The van der Waals surface area contributed by atoms with E-state index >= 15 is 0 Å². The van der Waals surface area contributed by atoms with Crippen LogP contribution in [0.4, 0.5) is 0 Å². The standard InChI is InChI=1S/C21H21NO5/c1-4-13-27-21(24)19(14-15-5-9-17(25-2)10-6-15)22-20(23)16-7-11-18(26-3)12-8-16/h4-12,14H,1,13H2,2-3H3,(H,22,23)/b19-14+. The maximum absolute atomic E-state index is 12.5. The van der Waals surface area contributed by atoms with Gasteiger partial charge in [0, 0.05) is 5.56 Å². The third-order valence-corrected chi connectivity index (χ3v) is 3.58. The van der Waals surface area contributed by atoms with Gasteiger partial charge < -0.3 is 19.5 Å². The van der Waals surface area contributed by atoms with Gasteiger partial charge in [-0.25, -0.2) is 4.79 Å². The van der Waals surface area contributed by atoms with Crippen LogP contribution in [0.15, 0.2) is 66.9 Å². The van der Waals surface area contributed by atoms with Crippen molar-refractivity contribution in [1.29, 1.82) is 0 Å².